The smallest absolute Gasteiger partial charge is 0.357 e. The average molecular weight is 216 g/mol. The Kier molecular flexibility index (Phi) is 2.72. The molecule has 0 spiro atoms. The Balaban J connectivity index is 2.61. The zero-order valence-electron chi connectivity index (χ0n) is 8.92. The lowest BCUT2D eigenvalue weighted by Gasteiger charge is -1.97. The van der Waals surface area contributed by atoms with E-state index in [0.717, 1.165) is 5.52 Å². The predicted molar refractivity (Wildman–Crippen MR) is 61.5 cm³/mol. The number of para-hydroxylation sites is 1. The van der Waals surface area contributed by atoms with Crippen LogP contribution < -0.4 is 0 Å². The summed E-state index contributed by atoms with van der Waals surface area (Å²) >= 11 is 0. The zero-order valence-corrected chi connectivity index (χ0v) is 8.92. The lowest BCUT2D eigenvalue weighted by molar-refractivity contribution is 0.0691. The molecule has 0 fully saturated rings. The molecule has 2 aromatic rings. The summed E-state index contributed by atoms with van der Waals surface area (Å²) in [5, 5.41) is 13.8. The normalized spacial score (nSPS) is 11.3. The Morgan fingerprint density at radius 2 is 2.25 bits per heavy atom. The average Bonchev–Trinajstić information content (AvgIpc) is 2.65. The van der Waals surface area contributed by atoms with E-state index in [1.54, 1.807) is 10.7 Å². The summed E-state index contributed by atoms with van der Waals surface area (Å²) in [6.07, 6.45) is 3.85. The molecule has 1 aromatic heterocycles. The molecular weight excluding hydrogens is 204 g/mol. The maximum Gasteiger partial charge on any atom is 0.357 e. The number of aromatic carboxylic acids is 1. The van der Waals surface area contributed by atoms with E-state index in [1.807, 2.05) is 37.3 Å². The van der Waals surface area contributed by atoms with Crippen LogP contribution in [0.1, 0.15) is 17.4 Å². The van der Waals surface area contributed by atoms with Crippen LogP contribution >= 0.6 is 0 Å². The number of carbonyl (C=O) groups is 1. The summed E-state index contributed by atoms with van der Waals surface area (Å²) in [5.41, 5.74) is 0.957. The minimum absolute atomic E-state index is 0.111. The van der Waals surface area contributed by atoms with Gasteiger partial charge < -0.3 is 5.11 Å². The summed E-state index contributed by atoms with van der Waals surface area (Å²) in [6.45, 7) is 2.51. The molecule has 4 heteroatoms. The van der Waals surface area contributed by atoms with Crippen LogP contribution in [0, 0.1) is 0 Å². The Morgan fingerprint density at radius 1 is 1.50 bits per heavy atom. The molecular formula is C12H12N2O2. The Hall–Kier alpha value is -2.10. The van der Waals surface area contributed by atoms with Gasteiger partial charge in [-0.25, -0.2) is 4.79 Å². The highest BCUT2D eigenvalue weighted by Crippen LogP contribution is 2.18. The van der Waals surface area contributed by atoms with Gasteiger partial charge in [0.1, 0.15) is 0 Å². The summed E-state index contributed by atoms with van der Waals surface area (Å²) in [4.78, 5) is 11.0. The highest BCUT2D eigenvalue weighted by Gasteiger charge is 2.14. The van der Waals surface area contributed by atoms with Crippen molar-refractivity contribution in [3.05, 3.63) is 42.1 Å². The maximum atomic E-state index is 11.0. The topological polar surface area (TPSA) is 55.1 Å². The third-order valence-electron chi connectivity index (χ3n) is 2.37. The van der Waals surface area contributed by atoms with Crippen LogP contribution in [-0.2, 0) is 6.54 Å². The van der Waals surface area contributed by atoms with Crippen LogP contribution in [0.2, 0.25) is 0 Å². The number of carboxylic acid groups (broad SMARTS) is 1. The lowest BCUT2D eigenvalue weighted by atomic mass is 10.2. The van der Waals surface area contributed by atoms with Gasteiger partial charge in [-0.15, -0.1) is 0 Å². The van der Waals surface area contributed by atoms with E-state index in [0.29, 0.717) is 11.9 Å². The standard InChI is InChI=1S/C12H12N2O2/c1-2-3-8-14-10-7-5-4-6-9(10)11(13-14)12(15)16/h2-7H,8H2,1H3,(H,15,16). The van der Waals surface area contributed by atoms with Crippen molar-refractivity contribution in [1.29, 1.82) is 0 Å². The van der Waals surface area contributed by atoms with Gasteiger partial charge in [0.2, 0.25) is 0 Å². The van der Waals surface area contributed by atoms with Gasteiger partial charge in [-0.2, -0.15) is 5.10 Å². The van der Waals surface area contributed by atoms with Crippen molar-refractivity contribution in [3.63, 3.8) is 0 Å². The van der Waals surface area contributed by atoms with E-state index < -0.39 is 5.97 Å². The molecule has 0 atom stereocenters. The van der Waals surface area contributed by atoms with Crippen molar-refractivity contribution >= 4 is 16.9 Å². The third kappa shape index (κ3) is 1.69. The first-order valence-electron chi connectivity index (χ1n) is 5.04. The fourth-order valence-electron chi connectivity index (χ4n) is 1.63. The number of carboxylic acids is 1. The van der Waals surface area contributed by atoms with Crippen molar-refractivity contribution in [1.82, 2.24) is 9.78 Å². The highest BCUT2D eigenvalue weighted by atomic mass is 16.4. The molecule has 0 amide bonds. The lowest BCUT2D eigenvalue weighted by Crippen LogP contribution is -2.01. The van der Waals surface area contributed by atoms with Crippen molar-refractivity contribution in [2.75, 3.05) is 0 Å². The van der Waals surface area contributed by atoms with Gasteiger partial charge >= 0.3 is 5.97 Å². The summed E-state index contributed by atoms with van der Waals surface area (Å²) < 4.78 is 1.69. The molecule has 4 nitrogen and oxygen atoms in total. The van der Waals surface area contributed by atoms with E-state index in [9.17, 15) is 4.79 Å². The van der Waals surface area contributed by atoms with Crippen LogP contribution in [0.15, 0.2) is 36.4 Å². The second kappa shape index (κ2) is 4.18. The molecule has 0 radical (unpaired) electrons. The Morgan fingerprint density at radius 3 is 2.94 bits per heavy atom. The highest BCUT2D eigenvalue weighted by molar-refractivity contribution is 6.01. The molecule has 1 aromatic carbocycles. The first-order chi connectivity index (χ1) is 7.74. The number of hydrogen-bond donors (Lipinski definition) is 1. The number of nitrogens with zero attached hydrogens (tertiary/aromatic N) is 2. The number of allylic oxidation sites excluding steroid dienone is 2. The van der Waals surface area contributed by atoms with E-state index in [1.165, 1.54) is 0 Å². The van der Waals surface area contributed by atoms with Crippen molar-refractivity contribution < 1.29 is 9.90 Å². The van der Waals surface area contributed by atoms with E-state index >= 15 is 0 Å². The molecule has 16 heavy (non-hydrogen) atoms. The van der Waals surface area contributed by atoms with Crippen LogP contribution in [0.3, 0.4) is 0 Å². The Labute approximate surface area is 92.8 Å². The van der Waals surface area contributed by atoms with E-state index in [2.05, 4.69) is 5.10 Å². The quantitative estimate of drug-likeness (QED) is 0.801. The van der Waals surface area contributed by atoms with Gasteiger partial charge in [0.05, 0.1) is 12.1 Å². The molecule has 0 saturated carbocycles. The first kappa shape index (κ1) is 10.4. The van der Waals surface area contributed by atoms with Gasteiger partial charge in [0.15, 0.2) is 5.69 Å². The number of fused-ring (bicyclic) bond motifs is 1. The molecule has 82 valence electrons. The number of benzene rings is 1. The van der Waals surface area contributed by atoms with Gasteiger partial charge in [-0.1, -0.05) is 30.4 Å². The number of aromatic nitrogens is 2. The molecule has 0 aliphatic heterocycles. The summed E-state index contributed by atoms with van der Waals surface area (Å²) in [5.74, 6) is -0.990. The van der Waals surface area contributed by atoms with Gasteiger partial charge in [-0.05, 0) is 13.0 Å². The van der Waals surface area contributed by atoms with Crippen LogP contribution in [0.25, 0.3) is 10.9 Å². The maximum absolute atomic E-state index is 11.0. The largest absolute Gasteiger partial charge is 0.476 e. The van der Waals surface area contributed by atoms with Crippen LogP contribution in [-0.4, -0.2) is 20.9 Å². The molecule has 0 aliphatic rings. The predicted octanol–water partition coefficient (Wildman–Crippen LogP) is 2.31. The summed E-state index contributed by atoms with van der Waals surface area (Å²) in [6, 6.07) is 7.34. The molecule has 0 bridgehead atoms. The molecule has 1 N–H and O–H groups in total. The molecule has 1 heterocycles. The number of hydrogen-bond acceptors (Lipinski definition) is 2. The second-order valence-corrected chi connectivity index (χ2v) is 3.42. The summed E-state index contributed by atoms with van der Waals surface area (Å²) in [7, 11) is 0. The van der Waals surface area contributed by atoms with E-state index in [-0.39, 0.29) is 5.69 Å². The Bertz CT molecular complexity index is 555. The molecule has 0 saturated heterocycles. The van der Waals surface area contributed by atoms with Crippen LogP contribution in [0.4, 0.5) is 0 Å². The van der Waals surface area contributed by atoms with Crippen LogP contribution in [0.5, 0.6) is 0 Å². The van der Waals surface area contributed by atoms with E-state index in [4.69, 9.17) is 5.11 Å². The molecule has 0 unspecified atom stereocenters. The third-order valence-corrected chi connectivity index (χ3v) is 2.37. The van der Waals surface area contributed by atoms with Crippen molar-refractivity contribution in [2.45, 2.75) is 13.5 Å². The fourth-order valence-corrected chi connectivity index (χ4v) is 1.63. The zero-order chi connectivity index (χ0) is 11.5. The number of rotatable bonds is 3. The monoisotopic (exact) mass is 216 g/mol. The van der Waals surface area contributed by atoms with Crippen molar-refractivity contribution in [3.8, 4) is 0 Å². The molecule has 0 aliphatic carbocycles. The molecule has 2 rings (SSSR count). The minimum Gasteiger partial charge on any atom is -0.476 e. The second-order valence-electron chi connectivity index (χ2n) is 3.42. The van der Waals surface area contributed by atoms with Gasteiger partial charge in [0.25, 0.3) is 0 Å². The first-order valence-corrected chi connectivity index (χ1v) is 5.04. The minimum atomic E-state index is -0.990. The fraction of sp³-hybridized carbons (Fsp3) is 0.167. The SMILES string of the molecule is CC=CCn1nc(C(=O)O)c2ccccc21. The van der Waals surface area contributed by atoms with Crippen molar-refractivity contribution in [2.24, 2.45) is 0 Å². The van der Waals surface area contributed by atoms with Gasteiger partial charge in [0, 0.05) is 5.39 Å². The van der Waals surface area contributed by atoms with Gasteiger partial charge in [-0.3, -0.25) is 4.68 Å².